The second-order valence-corrected chi connectivity index (χ2v) is 8.17. The molecule has 170 valence electrons. The van der Waals surface area contributed by atoms with E-state index >= 15 is 0 Å². The molecule has 8 heteroatoms. The lowest BCUT2D eigenvalue weighted by Gasteiger charge is -2.38. The molecule has 32 heavy (non-hydrogen) atoms. The number of nitrogen functional groups attached to an aromatic ring is 1. The summed E-state index contributed by atoms with van der Waals surface area (Å²) in [7, 11) is 1.64. The Bertz CT molecular complexity index is 1030. The maximum absolute atomic E-state index is 12.2. The van der Waals surface area contributed by atoms with Crippen LogP contribution in [0.4, 0.5) is 5.82 Å². The third-order valence-electron chi connectivity index (χ3n) is 5.78. The first-order chi connectivity index (χ1) is 15.4. The van der Waals surface area contributed by atoms with Crippen molar-refractivity contribution >= 4 is 17.6 Å². The van der Waals surface area contributed by atoms with Gasteiger partial charge in [-0.3, -0.25) is 9.59 Å². The summed E-state index contributed by atoms with van der Waals surface area (Å²) < 4.78 is 6.86. The average Bonchev–Trinajstić information content (AvgIpc) is 3.07. The zero-order valence-corrected chi connectivity index (χ0v) is 18.9. The zero-order chi connectivity index (χ0) is 23.3. The summed E-state index contributed by atoms with van der Waals surface area (Å²) >= 11 is 0. The van der Waals surface area contributed by atoms with Crippen LogP contribution in [0.2, 0.25) is 0 Å². The first-order valence-electron chi connectivity index (χ1n) is 10.9. The fourth-order valence-corrected chi connectivity index (χ4v) is 4.19. The first-order valence-corrected chi connectivity index (χ1v) is 10.9. The van der Waals surface area contributed by atoms with Crippen LogP contribution < -0.4 is 11.5 Å². The van der Waals surface area contributed by atoms with Crippen molar-refractivity contribution in [3.8, 4) is 23.1 Å². The van der Waals surface area contributed by atoms with Crippen molar-refractivity contribution in [2.45, 2.75) is 45.8 Å². The van der Waals surface area contributed by atoms with E-state index in [-0.39, 0.29) is 23.3 Å². The summed E-state index contributed by atoms with van der Waals surface area (Å²) in [5, 5.41) is 4.67. The number of ether oxygens (including phenoxy) is 1. The maximum Gasteiger partial charge on any atom is 0.298 e. The molecule has 0 radical (unpaired) electrons. The Kier molecular flexibility index (Phi) is 7.54. The Balaban J connectivity index is 1.77. The summed E-state index contributed by atoms with van der Waals surface area (Å²) in [4.78, 5) is 26.2. The van der Waals surface area contributed by atoms with E-state index in [1.165, 1.54) is 0 Å². The predicted octanol–water partition coefficient (Wildman–Crippen LogP) is 2.59. The minimum absolute atomic E-state index is 0.0652. The molecular formula is C24H31N5O3. The lowest BCUT2D eigenvalue weighted by Crippen LogP contribution is -2.40. The van der Waals surface area contributed by atoms with E-state index in [1.807, 2.05) is 36.1 Å². The number of benzene rings is 1. The summed E-state index contributed by atoms with van der Waals surface area (Å²) in [6.45, 7) is 5.57. The van der Waals surface area contributed by atoms with Gasteiger partial charge in [0.15, 0.2) is 0 Å². The van der Waals surface area contributed by atoms with Crippen LogP contribution in [0.15, 0.2) is 24.3 Å². The van der Waals surface area contributed by atoms with Gasteiger partial charge in [-0.25, -0.2) is 4.68 Å². The number of hydrogen-bond donors (Lipinski definition) is 2. The van der Waals surface area contributed by atoms with Crippen LogP contribution >= 0.6 is 0 Å². The summed E-state index contributed by atoms with van der Waals surface area (Å²) in [5.74, 6) is 5.21. The van der Waals surface area contributed by atoms with E-state index < -0.39 is 5.91 Å². The SMILES string of the molecule is CC#CC(=O)N(CCC)CC1CC(n2nc(-c3ccc(COC)cc3)c(C(N)=O)c2N)C1. The van der Waals surface area contributed by atoms with Gasteiger partial charge in [0, 0.05) is 25.8 Å². The van der Waals surface area contributed by atoms with Gasteiger partial charge in [0.05, 0.1) is 12.6 Å². The van der Waals surface area contributed by atoms with Gasteiger partial charge in [-0.2, -0.15) is 5.10 Å². The molecule has 2 aromatic rings. The van der Waals surface area contributed by atoms with Crippen molar-refractivity contribution < 1.29 is 14.3 Å². The molecule has 1 aromatic heterocycles. The maximum atomic E-state index is 12.2. The van der Waals surface area contributed by atoms with Crippen LogP contribution in [0.1, 0.15) is 55.1 Å². The smallest absolute Gasteiger partial charge is 0.298 e. The Morgan fingerprint density at radius 3 is 2.53 bits per heavy atom. The predicted molar refractivity (Wildman–Crippen MR) is 123 cm³/mol. The van der Waals surface area contributed by atoms with Gasteiger partial charge >= 0.3 is 0 Å². The van der Waals surface area contributed by atoms with Crippen molar-refractivity contribution in [2.75, 3.05) is 25.9 Å². The number of rotatable bonds is 9. The third kappa shape index (κ3) is 4.94. The average molecular weight is 438 g/mol. The molecule has 1 fully saturated rings. The Hall–Kier alpha value is -3.31. The number of nitrogens with two attached hydrogens (primary N) is 2. The van der Waals surface area contributed by atoms with Gasteiger partial charge in [0.25, 0.3) is 11.8 Å². The highest BCUT2D eigenvalue weighted by atomic mass is 16.5. The van der Waals surface area contributed by atoms with Crippen LogP contribution in [-0.4, -0.2) is 46.7 Å². The number of aromatic nitrogens is 2. The molecule has 3 rings (SSSR count). The fraction of sp³-hybridized carbons (Fsp3) is 0.458. The molecule has 0 aliphatic heterocycles. The van der Waals surface area contributed by atoms with E-state index in [2.05, 4.69) is 16.9 Å². The number of anilines is 1. The minimum atomic E-state index is -0.599. The van der Waals surface area contributed by atoms with Crippen molar-refractivity contribution in [3.63, 3.8) is 0 Å². The van der Waals surface area contributed by atoms with Crippen molar-refractivity contribution in [3.05, 3.63) is 35.4 Å². The lowest BCUT2D eigenvalue weighted by atomic mass is 9.80. The van der Waals surface area contributed by atoms with Gasteiger partial charge in [0.1, 0.15) is 17.1 Å². The molecule has 0 saturated heterocycles. The molecule has 1 aromatic carbocycles. The third-order valence-corrected chi connectivity index (χ3v) is 5.78. The lowest BCUT2D eigenvalue weighted by molar-refractivity contribution is -0.126. The number of primary amides is 1. The summed E-state index contributed by atoms with van der Waals surface area (Å²) in [6, 6.07) is 7.70. The molecule has 0 bridgehead atoms. The molecule has 1 saturated carbocycles. The topological polar surface area (TPSA) is 116 Å². The summed E-state index contributed by atoms with van der Waals surface area (Å²) in [6.07, 6.45) is 2.53. The highest BCUT2D eigenvalue weighted by Crippen LogP contribution is 2.41. The van der Waals surface area contributed by atoms with Crippen LogP contribution in [0.5, 0.6) is 0 Å². The molecular weight excluding hydrogens is 406 g/mol. The van der Waals surface area contributed by atoms with E-state index in [0.29, 0.717) is 31.3 Å². The van der Waals surface area contributed by atoms with Crippen LogP contribution in [0, 0.1) is 17.8 Å². The molecule has 0 spiro atoms. The Morgan fingerprint density at radius 1 is 1.28 bits per heavy atom. The van der Waals surface area contributed by atoms with Crippen LogP contribution in [0.25, 0.3) is 11.3 Å². The van der Waals surface area contributed by atoms with Crippen LogP contribution in [-0.2, 0) is 16.1 Å². The highest BCUT2D eigenvalue weighted by Gasteiger charge is 2.36. The number of methoxy groups -OCH3 is 1. The number of carbonyl (C=O) groups excluding carboxylic acids is 2. The number of nitrogens with zero attached hydrogens (tertiary/aromatic N) is 3. The Morgan fingerprint density at radius 2 is 1.97 bits per heavy atom. The molecule has 8 nitrogen and oxygen atoms in total. The largest absolute Gasteiger partial charge is 0.383 e. The van der Waals surface area contributed by atoms with Gasteiger partial charge < -0.3 is 21.1 Å². The fourth-order valence-electron chi connectivity index (χ4n) is 4.19. The summed E-state index contributed by atoms with van der Waals surface area (Å²) in [5.41, 5.74) is 14.5. The van der Waals surface area contributed by atoms with E-state index in [0.717, 1.165) is 30.4 Å². The zero-order valence-electron chi connectivity index (χ0n) is 18.9. The molecule has 0 atom stereocenters. The van der Waals surface area contributed by atoms with Gasteiger partial charge in [0.2, 0.25) is 0 Å². The van der Waals surface area contributed by atoms with Gasteiger partial charge in [-0.05, 0) is 43.6 Å². The van der Waals surface area contributed by atoms with Crippen molar-refractivity contribution in [1.82, 2.24) is 14.7 Å². The van der Waals surface area contributed by atoms with Gasteiger partial charge in [-0.15, -0.1) is 0 Å². The molecule has 1 aliphatic rings. The minimum Gasteiger partial charge on any atom is -0.383 e. The van der Waals surface area contributed by atoms with Gasteiger partial charge in [-0.1, -0.05) is 37.1 Å². The number of hydrogen-bond acceptors (Lipinski definition) is 5. The van der Waals surface area contributed by atoms with Crippen LogP contribution in [0.3, 0.4) is 0 Å². The monoisotopic (exact) mass is 437 g/mol. The molecule has 2 amide bonds. The second kappa shape index (κ2) is 10.3. The Labute approximate surface area is 188 Å². The standard InChI is InChI=1S/C24H31N5O3/c1-4-6-20(30)28(11-5-2)14-17-12-19(13-17)29-23(25)21(24(26)31)22(27-29)18-9-7-16(8-10-18)15-32-3/h7-10,17,19H,5,11-15,25H2,1-3H3,(H2,26,31). The number of carbonyl (C=O) groups is 2. The van der Waals surface area contributed by atoms with E-state index in [9.17, 15) is 9.59 Å². The molecule has 0 unspecified atom stereocenters. The molecule has 1 aliphatic carbocycles. The van der Waals surface area contributed by atoms with Crippen molar-refractivity contribution in [2.24, 2.45) is 11.7 Å². The molecule has 1 heterocycles. The number of amides is 2. The quantitative estimate of drug-likeness (QED) is 0.585. The first kappa shape index (κ1) is 23.4. The normalized spacial score (nSPS) is 17.2. The van der Waals surface area contributed by atoms with E-state index in [4.69, 9.17) is 16.2 Å². The van der Waals surface area contributed by atoms with Crippen molar-refractivity contribution in [1.29, 1.82) is 0 Å². The van der Waals surface area contributed by atoms with E-state index in [1.54, 1.807) is 18.7 Å². The second-order valence-electron chi connectivity index (χ2n) is 8.17. The highest BCUT2D eigenvalue weighted by molar-refractivity contribution is 6.03. The molecule has 4 N–H and O–H groups in total.